The molecule has 3 N–H and O–H groups in total. The number of thiophene rings is 1. The molecule has 1 saturated carbocycles. The molecule has 0 aliphatic heterocycles. The van der Waals surface area contributed by atoms with Crippen molar-refractivity contribution in [1.82, 2.24) is 15.3 Å². The van der Waals surface area contributed by atoms with E-state index < -0.39 is 0 Å². The number of aromatic amines is 1. The maximum Gasteiger partial charge on any atom is 0.259 e. The summed E-state index contributed by atoms with van der Waals surface area (Å²) in [4.78, 5) is 21.6. The molecule has 2 heterocycles. The van der Waals surface area contributed by atoms with Gasteiger partial charge in [-0.25, -0.2) is 4.98 Å². The second kappa shape index (κ2) is 5.51. The Labute approximate surface area is 127 Å². The maximum atomic E-state index is 12.2. The van der Waals surface area contributed by atoms with Crippen LogP contribution >= 0.6 is 11.3 Å². The zero-order valence-electron chi connectivity index (χ0n) is 12.5. The van der Waals surface area contributed by atoms with Crippen molar-refractivity contribution in [3.8, 4) is 0 Å². The number of aliphatic hydroxyl groups excluding tert-OH is 1. The lowest BCUT2D eigenvalue weighted by Gasteiger charge is -2.27. The van der Waals surface area contributed by atoms with E-state index in [9.17, 15) is 9.90 Å². The molecule has 1 aliphatic carbocycles. The smallest absolute Gasteiger partial charge is 0.259 e. The van der Waals surface area contributed by atoms with Crippen LogP contribution < -0.4 is 10.9 Å². The van der Waals surface area contributed by atoms with Crippen molar-refractivity contribution < 1.29 is 5.11 Å². The predicted molar refractivity (Wildman–Crippen MR) is 84.8 cm³/mol. The lowest BCUT2D eigenvalue weighted by Crippen LogP contribution is -2.45. The minimum Gasteiger partial charge on any atom is -0.394 e. The first kappa shape index (κ1) is 14.7. The molecule has 2 aromatic rings. The van der Waals surface area contributed by atoms with Crippen LogP contribution in [0.2, 0.25) is 0 Å². The molecule has 0 amide bonds. The number of fused-ring (bicyclic) bond motifs is 1. The predicted octanol–water partition coefficient (Wildman–Crippen LogP) is 2.00. The highest BCUT2D eigenvalue weighted by Crippen LogP contribution is 2.29. The van der Waals surface area contributed by atoms with Gasteiger partial charge >= 0.3 is 0 Å². The summed E-state index contributed by atoms with van der Waals surface area (Å²) in [5.74, 6) is 0.647. The number of aliphatic hydroxyl groups is 1. The average Bonchev–Trinajstić information content (AvgIpc) is 3.03. The molecule has 0 atom stereocenters. The largest absolute Gasteiger partial charge is 0.394 e. The molecule has 0 aromatic carbocycles. The van der Waals surface area contributed by atoms with Crippen LogP contribution in [0, 0.1) is 13.8 Å². The molecule has 6 heteroatoms. The minimum atomic E-state index is -0.200. The van der Waals surface area contributed by atoms with Crippen LogP contribution in [0.15, 0.2) is 4.79 Å². The molecule has 114 valence electrons. The van der Waals surface area contributed by atoms with Gasteiger partial charge in [-0.05, 0) is 32.3 Å². The summed E-state index contributed by atoms with van der Waals surface area (Å²) in [6, 6.07) is 0. The monoisotopic (exact) mass is 307 g/mol. The van der Waals surface area contributed by atoms with E-state index in [1.165, 1.54) is 0 Å². The number of aromatic nitrogens is 2. The lowest BCUT2D eigenvalue weighted by atomic mass is 9.99. The van der Waals surface area contributed by atoms with Gasteiger partial charge in [0.05, 0.1) is 18.5 Å². The van der Waals surface area contributed by atoms with Crippen molar-refractivity contribution in [1.29, 1.82) is 0 Å². The van der Waals surface area contributed by atoms with E-state index >= 15 is 0 Å². The lowest BCUT2D eigenvalue weighted by molar-refractivity contribution is 0.162. The van der Waals surface area contributed by atoms with Crippen molar-refractivity contribution in [3.05, 3.63) is 26.6 Å². The topological polar surface area (TPSA) is 78.0 Å². The summed E-state index contributed by atoms with van der Waals surface area (Å²) in [6.45, 7) is 4.60. The van der Waals surface area contributed by atoms with Gasteiger partial charge in [0.1, 0.15) is 10.7 Å². The Morgan fingerprint density at radius 3 is 2.76 bits per heavy atom. The Kier molecular flexibility index (Phi) is 3.86. The highest BCUT2D eigenvalue weighted by atomic mass is 32.1. The van der Waals surface area contributed by atoms with Crippen molar-refractivity contribution in [2.45, 2.75) is 51.6 Å². The van der Waals surface area contributed by atoms with Gasteiger partial charge in [-0.3, -0.25) is 4.79 Å². The van der Waals surface area contributed by atoms with Crippen molar-refractivity contribution in [3.63, 3.8) is 0 Å². The second-order valence-corrected chi connectivity index (χ2v) is 7.18. The normalized spacial score (nSPS) is 17.7. The van der Waals surface area contributed by atoms with E-state index in [1.807, 2.05) is 13.8 Å². The van der Waals surface area contributed by atoms with E-state index in [2.05, 4.69) is 15.3 Å². The fourth-order valence-corrected chi connectivity index (χ4v) is 4.15. The molecule has 0 bridgehead atoms. The second-order valence-electron chi connectivity index (χ2n) is 5.98. The molecule has 3 rings (SSSR count). The molecule has 5 nitrogen and oxygen atoms in total. The Hall–Kier alpha value is -1.24. The van der Waals surface area contributed by atoms with E-state index in [0.717, 1.165) is 41.0 Å². The number of rotatable bonds is 4. The number of aryl methyl sites for hydroxylation is 2. The summed E-state index contributed by atoms with van der Waals surface area (Å²) in [6.07, 6.45) is 4.24. The van der Waals surface area contributed by atoms with Crippen LogP contribution in [0.1, 0.15) is 41.9 Å². The maximum absolute atomic E-state index is 12.2. The van der Waals surface area contributed by atoms with E-state index in [4.69, 9.17) is 0 Å². The Bertz CT molecular complexity index is 714. The Balaban J connectivity index is 1.86. The summed E-state index contributed by atoms with van der Waals surface area (Å²) in [5, 5.41) is 13.7. The zero-order valence-corrected chi connectivity index (χ0v) is 13.3. The SMILES string of the molecule is Cc1sc2nc(CNC3(CO)CCCC3)[nH]c(=O)c2c1C. The van der Waals surface area contributed by atoms with Crippen LogP contribution in [0.25, 0.3) is 10.2 Å². The van der Waals surface area contributed by atoms with Crippen molar-refractivity contribution in [2.24, 2.45) is 0 Å². The third-order valence-electron chi connectivity index (χ3n) is 4.58. The van der Waals surface area contributed by atoms with Gasteiger partial charge in [0.25, 0.3) is 5.56 Å². The zero-order chi connectivity index (χ0) is 15.0. The number of nitrogens with zero attached hydrogens (tertiary/aromatic N) is 1. The molecule has 0 saturated heterocycles. The van der Waals surface area contributed by atoms with Crippen LogP contribution in [0.5, 0.6) is 0 Å². The van der Waals surface area contributed by atoms with Crippen LogP contribution in [-0.2, 0) is 6.54 Å². The summed E-state index contributed by atoms with van der Waals surface area (Å²) in [5.41, 5.74) is 0.753. The molecule has 0 unspecified atom stereocenters. The van der Waals surface area contributed by atoms with Crippen LogP contribution in [0.4, 0.5) is 0 Å². The third kappa shape index (κ3) is 2.63. The van der Waals surface area contributed by atoms with E-state index in [1.54, 1.807) is 11.3 Å². The van der Waals surface area contributed by atoms with E-state index in [-0.39, 0.29) is 17.7 Å². The highest BCUT2D eigenvalue weighted by molar-refractivity contribution is 7.18. The first-order chi connectivity index (χ1) is 10.0. The molecule has 0 radical (unpaired) electrons. The molecule has 21 heavy (non-hydrogen) atoms. The first-order valence-corrected chi connectivity index (χ1v) is 8.21. The van der Waals surface area contributed by atoms with Gasteiger partial charge in [0, 0.05) is 10.4 Å². The fraction of sp³-hybridized carbons (Fsp3) is 0.600. The van der Waals surface area contributed by atoms with Crippen LogP contribution in [-0.4, -0.2) is 27.2 Å². The summed E-state index contributed by atoms with van der Waals surface area (Å²) in [7, 11) is 0. The van der Waals surface area contributed by atoms with Gasteiger partial charge in [-0.15, -0.1) is 11.3 Å². The molecular formula is C15H21N3O2S. The van der Waals surface area contributed by atoms with Crippen molar-refractivity contribution >= 4 is 21.6 Å². The average molecular weight is 307 g/mol. The Morgan fingerprint density at radius 1 is 1.38 bits per heavy atom. The highest BCUT2D eigenvalue weighted by Gasteiger charge is 2.32. The summed E-state index contributed by atoms with van der Waals surface area (Å²) >= 11 is 1.56. The number of nitrogens with one attached hydrogen (secondary N) is 2. The standard InChI is InChI=1S/C15H21N3O2S/c1-9-10(2)21-14-12(9)13(20)17-11(18-14)7-16-15(8-19)5-3-4-6-15/h16,19H,3-8H2,1-2H3,(H,17,18,20). The molecule has 0 spiro atoms. The Morgan fingerprint density at radius 2 is 2.10 bits per heavy atom. The number of H-pyrrole nitrogens is 1. The van der Waals surface area contributed by atoms with E-state index in [0.29, 0.717) is 17.8 Å². The molecular weight excluding hydrogens is 286 g/mol. The summed E-state index contributed by atoms with van der Waals surface area (Å²) < 4.78 is 0. The van der Waals surface area contributed by atoms with Gasteiger partial charge < -0.3 is 15.4 Å². The third-order valence-corrected chi connectivity index (χ3v) is 5.68. The fourth-order valence-electron chi connectivity index (χ4n) is 3.10. The molecule has 1 fully saturated rings. The first-order valence-electron chi connectivity index (χ1n) is 7.39. The van der Waals surface area contributed by atoms with Crippen LogP contribution in [0.3, 0.4) is 0 Å². The van der Waals surface area contributed by atoms with Gasteiger partial charge in [0.15, 0.2) is 0 Å². The number of hydrogen-bond acceptors (Lipinski definition) is 5. The quantitative estimate of drug-likeness (QED) is 0.807. The number of hydrogen-bond donors (Lipinski definition) is 3. The minimum absolute atomic E-state index is 0.0666. The molecule has 2 aromatic heterocycles. The molecule has 1 aliphatic rings. The van der Waals surface area contributed by atoms with Crippen molar-refractivity contribution in [2.75, 3.05) is 6.61 Å². The van der Waals surface area contributed by atoms with Gasteiger partial charge in [-0.1, -0.05) is 12.8 Å². The van der Waals surface area contributed by atoms with Gasteiger partial charge in [-0.2, -0.15) is 0 Å². The van der Waals surface area contributed by atoms with Gasteiger partial charge in [0.2, 0.25) is 0 Å².